The lowest BCUT2D eigenvalue weighted by molar-refractivity contribution is -0.141. The van der Waals surface area contributed by atoms with E-state index in [1.807, 2.05) is 24.3 Å². The maximum Gasteiger partial charge on any atom is 0.295 e. The molecule has 1 aliphatic heterocycles. The van der Waals surface area contributed by atoms with Gasteiger partial charge in [0.05, 0.1) is 25.3 Å². The van der Waals surface area contributed by atoms with Gasteiger partial charge in [-0.25, -0.2) is 0 Å². The molecule has 1 atom stereocenters. The predicted octanol–water partition coefficient (Wildman–Crippen LogP) is 6.02. The number of ketones is 1. The SMILES string of the molecule is CCCCCOc1ccc(/C(O)=C2/C(=O)C(=O)N(C3CCCCC3)C2c2cccc(OC)c2)cc1. The Morgan fingerprint density at radius 1 is 1.00 bits per heavy atom. The number of carbonyl (C=O) groups is 2. The van der Waals surface area contributed by atoms with Crippen LogP contribution in [-0.2, 0) is 9.59 Å². The number of ether oxygens (including phenoxy) is 2. The summed E-state index contributed by atoms with van der Waals surface area (Å²) in [5.74, 6) is 0.0147. The first-order chi connectivity index (χ1) is 17.0. The number of hydrogen-bond acceptors (Lipinski definition) is 5. The van der Waals surface area contributed by atoms with E-state index in [0.29, 0.717) is 23.7 Å². The lowest BCUT2D eigenvalue weighted by Crippen LogP contribution is -2.40. The number of methoxy groups -OCH3 is 1. The van der Waals surface area contributed by atoms with Gasteiger partial charge >= 0.3 is 0 Å². The molecule has 2 aliphatic rings. The minimum Gasteiger partial charge on any atom is -0.507 e. The van der Waals surface area contributed by atoms with Crippen molar-refractivity contribution >= 4 is 17.4 Å². The third kappa shape index (κ3) is 5.37. The summed E-state index contributed by atoms with van der Waals surface area (Å²) in [7, 11) is 1.59. The monoisotopic (exact) mass is 477 g/mol. The molecule has 2 fully saturated rings. The molecule has 2 aromatic carbocycles. The summed E-state index contributed by atoms with van der Waals surface area (Å²) < 4.78 is 11.2. The lowest BCUT2D eigenvalue weighted by Gasteiger charge is -2.35. The summed E-state index contributed by atoms with van der Waals surface area (Å²) in [5.41, 5.74) is 1.37. The van der Waals surface area contributed by atoms with Crippen LogP contribution in [0.25, 0.3) is 5.76 Å². The number of hydrogen-bond donors (Lipinski definition) is 1. The number of Topliss-reactive ketones (excluding diaryl/α,β-unsaturated/α-hetero) is 1. The molecule has 1 N–H and O–H groups in total. The summed E-state index contributed by atoms with van der Waals surface area (Å²) in [6.07, 6.45) is 8.14. The molecular weight excluding hydrogens is 442 g/mol. The van der Waals surface area contributed by atoms with E-state index in [4.69, 9.17) is 9.47 Å². The Morgan fingerprint density at radius 2 is 1.74 bits per heavy atom. The molecule has 6 heteroatoms. The maximum atomic E-state index is 13.3. The largest absolute Gasteiger partial charge is 0.507 e. The van der Waals surface area contributed by atoms with Crippen LogP contribution in [0.3, 0.4) is 0 Å². The van der Waals surface area contributed by atoms with E-state index in [1.165, 1.54) is 0 Å². The third-order valence-electron chi connectivity index (χ3n) is 7.00. The Bertz CT molecular complexity index is 1070. The first-order valence-corrected chi connectivity index (χ1v) is 12.7. The molecule has 0 aromatic heterocycles. The molecule has 1 unspecified atom stereocenters. The van der Waals surface area contributed by atoms with Crippen molar-refractivity contribution in [2.24, 2.45) is 0 Å². The highest BCUT2D eigenvalue weighted by Crippen LogP contribution is 2.43. The van der Waals surface area contributed by atoms with Gasteiger partial charge in [-0.1, -0.05) is 51.2 Å². The lowest BCUT2D eigenvalue weighted by atomic mass is 9.91. The molecule has 1 heterocycles. The van der Waals surface area contributed by atoms with E-state index >= 15 is 0 Å². The van der Waals surface area contributed by atoms with E-state index < -0.39 is 17.7 Å². The van der Waals surface area contributed by atoms with Gasteiger partial charge < -0.3 is 19.5 Å². The van der Waals surface area contributed by atoms with Gasteiger partial charge in [0.2, 0.25) is 0 Å². The topological polar surface area (TPSA) is 76.1 Å². The first-order valence-electron chi connectivity index (χ1n) is 12.7. The third-order valence-corrected chi connectivity index (χ3v) is 7.00. The fraction of sp³-hybridized carbons (Fsp3) is 0.448. The molecule has 35 heavy (non-hydrogen) atoms. The first kappa shape index (κ1) is 24.8. The van der Waals surface area contributed by atoms with Crippen molar-refractivity contribution in [2.45, 2.75) is 70.4 Å². The Kier molecular flexibility index (Phi) is 8.11. The van der Waals surface area contributed by atoms with Crippen molar-refractivity contribution in [3.8, 4) is 11.5 Å². The van der Waals surface area contributed by atoms with Crippen LogP contribution in [0.4, 0.5) is 0 Å². The van der Waals surface area contributed by atoms with Crippen molar-refractivity contribution in [1.82, 2.24) is 4.90 Å². The average Bonchev–Trinajstić information content (AvgIpc) is 3.17. The standard InChI is InChI=1S/C29H35NO5/c1-3-4-8-18-35-23-16-14-20(15-17-23)27(31)25-26(21-10-9-13-24(19-21)34-2)30(29(33)28(25)32)22-11-6-5-7-12-22/h9-10,13-17,19,22,26,31H,3-8,11-12,18H2,1-2H3/b27-25-. The molecule has 1 amide bonds. The minimum absolute atomic E-state index is 0.0272. The number of nitrogens with zero attached hydrogens (tertiary/aromatic N) is 1. The maximum absolute atomic E-state index is 13.3. The predicted molar refractivity (Wildman–Crippen MR) is 135 cm³/mol. The molecule has 2 aromatic rings. The highest BCUT2D eigenvalue weighted by atomic mass is 16.5. The number of carbonyl (C=O) groups excluding carboxylic acids is 2. The van der Waals surface area contributed by atoms with Gasteiger partial charge in [0.1, 0.15) is 17.3 Å². The van der Waals surface area contributed by atoms with Gasteiger partial charge in [-0.3, -0.25) is 9.59 Å². The summed E-state index contributed by atoms with van der Waals surface area (Å²) in [5, 5.41) is 11.3. The van der Waals surface area contributed by atoms with Gasteiger partial charge in [0.25, 0.3) is 11.7 Å². The number of aliphatic hydroxyl groups excluding tert-OH is 1. The van der Waals surface area contributed by atoms with Gasteiger partial charge in [0, 0.05) is 11.6 Å². The second kappa shape index (κ2) is 11.4. The van der Waals surface area contributed by atoms with E-state index in [2.05, 4.69) is 6.92 Å². The quantitative estimate of drug-likeness (QED) is 0.207. The van der Waals surface area contributed by atoms with Crippen molar-refractivity contribution in [3.05, 3.63) is 65.2 Å². The second-order valence-electron chi connectivity index (χ2n) is 9.35. The average molecular weight is 478 g/mol. The van der Waals surface area contributed by atoms with Gasteiger partial charge in [-0.05, 0) is 61.2 Å². The molecule has 4 rings (SSSR count). The highest BCUT2D eigenvalue weighted by molar-refractivity contribution is 6.46. The van der Waals surface area contributed by atoms with E-state index in [1.54, 1.807) is 36.3 Å². The van der Waals surface area contributed by atoms with Gasteiger partial charge in [0.15, 0.2) is 0 Å². The van der Waals surface area contributed by atoms with Crippen molar-refractivity contribution in [3.63, 3.8) is 0 Å². The van der Waals surface area contributed by atoms with Gasteiger partial charge in [-0.2, -0.15) is 0 Å². The molecule has 6 nitrogen and oxygen atoms in total. The zero-order valence-corrected chi connectivity index (χ0v) is 20.7. The fourth-order valence-corrected chi connectivity index (χ4v) is 5.13. The molecule has 186 valence electrons. The number of unbranched alkanes of at least 4 members (excludes halogenated alkanes) is 2. The van der Waals surface area contributed by atoms with Crippen LogP contribution in [-0.4, -0.2) is 41.5 Å². The molecule has 1 saturated heterocycles. The molecule has 0 radical (unpaired) electrons. The van der Waals surface area contributed by atoms with Crippen LogP contribution >= 0.6 is 0 Å². The Morgan fingerprint density at radius 3 is 2.43 bits per heavy atom. The minimum atomic E-state index is -0.654. The van der Waals surface area contributed by atoms with E-state index in [0.717, 1.165) is 56.9 Å². The molecule has 0 bridgehead atoms. The summed E-state index contributed by atoms with van der Waals surface area (Å²) in [6, 6.07) is 13.8. The number of rotatable bonds is 9. The second-order valence-corrected chi connectivity index (χ2v) is 9.35. The van der Waals surface area contributed by atoms with Crippen LogP contribution in [0, 0.1) is 0 Å². The number of aliphatic hydroxyl groups is 1. The van der Waals surface area contributed by atoms with E-state index in [9.17, 15) is 14.7 Å². The molecule has 0 spiro atoms. The van der Waals surface area contributed by atoms with Crippen molar-refractivity contribution in [2.75, 3.05) is 13.7 Å². The normalized spacial score (nSPS) is 20.3. The zero-order valence-electron chi connectivity index (χ0n) is 20.7. The fourth-order valence-electron chi connectivity index (χ4n) is 5.13. The Balaban J connectivity index is 1.71. The van der Waals surface area contributed by atoms with Gasteiger partial charge in [-0.15, -0.1) is 0 Å². The smallest absolute Gasteiger partial charge is 0.295 e. The Labute approximate surface area is 207 Å². The van der Waals surface area contributed by atoms with E-state index in [-0.39, 0.29) is 17.4 Å². The van der Waals surface area contributed by atoms with Crippen LogP contribution in [0.15, 0.2) is 54.1 Å². The Hall–Kier alpha value is -3.28. The molecule has 1 aliphatic carbocycles. The van der Waals surface area contributed by atoms with Crippen LogP contribution in [0.2, 0.25) is 0 Å². The zero-order chi connectivity index (χ0) is 24.8. The molecular formula is C29H35NO5. The molecule has 1 saturated carbocycles. The van der Waals surface area contributed by atoms with Crippen LogP contribution in [0.1, 0.15) is 75.5 Å². The van der Waals surface area contributed by atoms with Crippen LogP contribution in [0.5, 0.6) is 11.5 Å². The number of amides is 1. The number of likely N-dealkylation sites (tertiary alicyclic amines) is 1. The van der Waals surface area contributed by atoms with Crippen molar-refractivity contribution < 1.29 is 24.2 Å². The van der Waals surface area contributed by atoms with Crippen molar-refractivity contribution in [1.29, 1.82) is 0 Å². The van der Waals surface area contributed by atoms with Crippen LogP contribution < -0.4 is 9.47 Å². The summed E-state index contributed by atoms with van der Waals surface area (Å²) >= 11 is 0. The highest BCUT2D eigenvalue weighted by Gasteiger charge is 2.48. The summed E-state index contributed by atoms with van der Waals surface area (Å²) in [4.78, 5) is 28.3. The number of benzene rings is 2. The summed E-state index contributed by atoms with van der Waals surface area (Å²) in [6.45, 7) is 2.79.